The third-order valence-electron chi connectivity index (χ3n) is 4.42. The van der Waals surface area contributed by atoms with Gasteiger partial charge in [-0.1, -0.05) is 29.8 Å². The molecule has 0 aliphatic carbocycles. The zero-order valence-electron chi connectivity index (χ0n) is 15.3. The number of oxazole rings is 1. The molecule has 1 amide bonds. The number of aryl methyl sites for hydroxylation is 1. The van der Waals surface area contributed by atoms with Crippen molar-refractivity contribution in [3.05, 3.63) is 76.8 Å². The summed E-state index contributed by atoms with van der Waals surface area (Å²) in [6.07, 6.45) is 0. The molecular weight excluding hydrogens is 376 g/mol. The third kappa shape index (κ3) is 3.44. The number of methoxy groups -OCH3 is 1. The van der Waals surface area contributed by atoms with Gasteiger partial charge in [0.1, 0.15) is 11.3 Å². The van der Waals surface area contributed by atoms with Gasteiger partial charge in [-0.3, -0.25) is 4.79 Å². The fourth-order valence-electron chi connectivity index (χ4n) is 2.86. The van der Waals surface area contributed by atoms with Crippen molar-refractivity contribution in [1.82, 2.24) is 4.98 Å². The number of aromatic nitrogens is 1. The number of hydrogen-bond donors (Lipinski definition) is 1. The van der Waals surface area contributed by atoms with Gasteiger partial charge in [0, 0.05) is 16.1 Å². The van der Waals surface area contributed by atoms with Crippen molar-refractivity contribution in [1.29, 1.82) is 0 Å². The lowest BCUT2D eigenvalue weighted by atomic mass is 10.1. The summed E-state index contributed by atoms with van der Waals surface area (Å²) in [6, 6.07) is 18.1. The Morgan fingerprint density at radius 2 is 1.93 bits per heavy atom. The lowest BCUT2D eigenvalue weighted by Crippen LogP contribution is -2.12. The summed E-state index contributed by atoms with van der Waals surface area (Å²) in [7, 11) is 1.55. The highest BCUT2D eigenvalue weighted by Gasteiger charge is 2.14. The first-order chi connectivity index (χ1) is 13.5. The summed E-state index contributed by atoms with van der Waals surface area (Å²) in [6.45, 7) is 1.89. The molecule has 1 heterocycles. The van der Waals surface area contributed by atoms with Crippen molar-refractivity contribution in [2.75, 3.05) is 12.4 Å². The molecule has 0 saturated carbocycles. The zero-order chi connectivity index (χ0) is 19.7. The molecule has 0 aliphatic heterocycles. The van der Waals surface area contributed by atoms with Crippen LogP contribution in [0.5, 0.6) is 5.75 Å². The van der Waals surface area contributed by atoms with Crippen molar-refractivity contribution in [3.8, 4) is 17.2 Å². The molecule has 0 unspecified atom stereocenters. The minimum absolute atomic E-state index is 0.282. The highest BCUT2D eigenvalue weighted by molar-refractivity contribution is 6.31. The van der Waals surface area contributed by atoms with Crippen molar-refractivity contribution >= 4 is 34.3 Å². The molecule has 0 bridgehead atoms. The van der Waals surface area contributed by atoms with Gasteiger partial charge < -0.3 is 14.5 Å². The summed E-state index contributed by atoms with van der Waals surface area (Å²) < 4.78 is 11.2. The van der Waals surface area contributed by atoms with E-state index >= 15 is 0 Å². The largest absolute Gasteiger partial charge is 0.495 e. The number of hydrogen-bond acceptors (Lipinski definition) is 4. The van der Waals surface area contributed by atoms with Gasteiger partial charge in [0.25, 0.3) is 5.91 Å². The summed E-state index contributed by atoms with van der Waals surface area (Å²) in [5.74, 6) is 0.721. The number of anilines is 1. The maximum Gasteiger partial charge on any atom is 0.255 e. The van der Waals surface area contributed by atoms with E-state index in [9.17, 15) is 4.79 Å². The van der Waals surface area contributed by atoms with Crippen LogP contribution in [0.3, 0.4) is 0 Å². The van der Waals surface area contributed by atoms with Crippen LogP contribution in [0.2, 0.25) is 5.02 Å². The van der Waals surface area contributed by atoms with Gasteiger partial charge >= 0.3 is 0 Å². The van der Waals surface area contributed by atoms with E-state index in [1.807, 2.05) is 43.3 Å². The summed E-state index contributed by atoms with van der Waals surface area (Å²) in [5, 5.41) is 3.42. The molecular formula is C22H17ClN2O3. The van der Waals surface area contributed by atoms with Crippen molar-refractivity contribution in [2.45, 2.75) is 6.92 Å². The molecule has 3 aromatic carbocycles. The number of nitrogens with zero attached hydrogens (tertiary/aromatic N) is 1. The number of rotatable bonds is 4. The maximum atomic E-state index is 12.7. The van der Waals surface area contributed by atoms with Gasteiger partial charge in [0.15, 0.2) is 5.58 Å². The number of carbonyl (C=O) groups is 1. The lowest BCUT2D eigenvalue weighted by Gasteiger charge is -2.12. The Hall–Kier alpha value is -3.31. The second-order valence-corrected chi connectivity index (χ2v) is 6.73. The fourth-order valence-corrected chi connectivity index (χ4v) is 3.04. The van der Waals surface area contributed by atoms with Crippen molar-refractivity contribution in [3.63, 3.8) is 0 Å². The van der Waals surface area contributed by atoms with Crippen molar-refractivity contribution in [2.24, 2.45) is 0 Å². The zero-order valence-corrected chi connectivity index (χ0v) is 16.1. The minimum Gasteiger partial charge on any atom is -0.495 e. The standard InChI is InChI=1S/C22H17ClN2O3/c1-13-7-8-14(11-16(13)23)21(26)24-18-12-15(9-10-19(18)27-2)22-25-17-5-3-4-6-20(17)28-22/h3-12H,1-2H3,(H,24,26). The van der Waals surface area contributed by atoms with E-state index in [1.54, 1.807) is 31.4 Å². The average molecular weight is 393 g/mol. The predicted octanol–water partition coefficient (Wildman–Crippen LogP) is 5.72. The van der Waals surface area contributed by atoms with E-state index < -0.39 is 0 Å². The number of ether oxygens (including phenoxy) is 1. The summed E-state index contributed by atoms with van der Waals surface area (Å²) >= 11 is 6.14. The van der Waals surface area contributed by atoms with Gasteiger partial charge in [-0.05, 0) is 55.0 Å². The summed E-state index contributed by atoms with van der Waals surface area (Å²) in [5.41, 5.74) is 4.10. The first-order valence-electron chi connectivity index (χ1n) is 8.66. The first kappa shape index (κ1) is 18.1. The highest BCUT2D eigenvalue weighted by atomic mass is 35.5. The Labute approximate surface area is 166 Å². The molecule has 4 rings (SSSR count). The Balaban J connectivity index is 1.68. The number of benzene rings is 3. The van der Waals surface area contributed by atoms with E-state index in [0.717, 1.165) is 16.6 Å². The maximum absolute atomic E-state index is 12.7. The number of nitrogens with one attached hydrogen (secondary N) is 1. The van der Waals surface area contributed by atoms with Gasteiger partial charge in [0.05, 0.1) is 12.8 Å². The molecule has 0 atom stereocenters. The molecule has 6 heteroatoms. The van der Waals surface area contributed by atoms with Crippen LogP contribution < -0.4 is 10.1 Å². The molecule has 28 heavy (non-hydrogen) atoms. The minimum atomic E-state index is -0.282. The van der Waals surface area contributed by atoms with E-state index in [2.05, 4.69) is 10.3 Å². The smallest absolute Gasteiger partial charge is 0.255 e. The van der Waals surface area contributed by atoms with E-state index in [-0.39, 0.29) is 5.91 Å². The van der Waals surface area contributed by atoms with Crippen LogP contribution in [0, 0.1) is 6.92 Å². The van der Waals surface area contributed by atoms with E-state index in [0.29, 0.717) is 33.5 Å². The number of para-hydroxylation sites is 2. The fraction of sp³-hybridized carbons (Fsp3) is 0.0909. The number of amides is 1. The van der Waals surface area contributed by atoms with Crippen LogP contribution in [-0.2, 0) is 0 Å². The number of carbonyl (C=O) groups excluding carboxylic acids is 1. The first-order valence-corrected chi connectivity index (χ1v) is 9.04. The van der Waals surface area contributed by atoms with E-state index in [4.69, 9.17) is 20.8 Å². The predicted molar refractivity (Wildman–Crippen MR) is 110 cm³/mol. The third-order valence-corrected chi connectivity index (χ3v) is 4.83. The summed E-state index contributed by atoms with van der Waals surface area (Å²) in [4.78, 5) is 17.2. The normalized spacial score (nSPS) is 10.8. The monoisotopic (exact) mass is 392 g/mol. The van der Waals surface area contributed by atoms with Crippen LogP contribution in [0.15, 0.2) is 65.1 Å². The topological polar surface area (TPSA) is 64.4 Å². The molecule has 4 aromatic rings. The van der Waals surface area contributed by atoms with Gasteiger partial charge in [-0.25, -0.2) is 4.98 Å². The van der Waals surface area contributed by atoms with Crippen LogP contribution in [0.25, 0.3) is 22.6 Å². The molecule has 0 fully saturated rings. The van der Waals surface area contributed by atoms with E-state index in [1.165, 1.54) is 0 Å². The van der Waals surface area contributed by atoms with Gasteiger partial charge in [-0.15, -0.1) is 0 Å². The molecule has 1 aromatic heterocycles. The number of fused-ring (bicyclic) bond motifs is 1. The average Bonchev–Trinajstić information content (AvgIpc) is 3.14. The number of halogens is 1. The van der Waals surface area contributed by atoms with Gasteiger partial charge in [0.2, 0.25) is 5.89 Å². The molecule has 5 nitrogen and oxygen atoms in total. The molecule has 0 aliphatic rings. The van der Waals surface area contributed by atoms with Crippen LogP contribution >= 0.6 is 11.6 Å². The molecule has 0 spiro atoms. The second-order valence-electron chi connectivity index (χ2n) is 6.32. The Kier molecular flexibility index (Phi) is 4.75. The Morgan fingerprint density at radius 1 is 1.11 bits per heavy atom. The molecule has 0 saturated heterocycles. The van der Waals surface area contributed by atoms with Crippen molar-refractivity contribution < 1.29 is 13.9 Å². The molecule has 1 N–H and O–H groups in total. The SMILES string of the molecule is COc1ccc(-c2nc3ccccc3o2)cc1NC(=O)c1ccc(C)c(Cl)c1. The van der Waals surface area contributed by atoms with Crippen LogP contribution in [0.1, 0.15) is 15.9 Å². The second kappa shape index (κ2) is 7.37. The van der Waals surface area contributed by atoms with Crippen LogP contribution in [-0.4, -0.2) is 18.0 Å². The Morgan fingerprint density at radius 3 is 2.68 bits per heavy atom. The molecule has 0 radical (unpaired) electrons. The molecule has 140 valence electrons. The quantitative estimate of drug-likeness (QED) is 0.482. The van der Waals surface area contributed by atoms with Gasteiger partial charge in [-0.2, -0.15) is 0 Å². The highest BCUT2D eigenvalue weighted by Crippen LogP contribution is 2.32. The lowest BCUT2D eigenvalue weighted by molar-refractivity contribution is 0.102. The Bertz CT molecular complexity index is 1150. The van der Waals surface area contributed by atoms with Crippen LogP contribution in [0.4, 0.5) is 5.69 Å².